The number of amidine groups is 1. The molecule has 7 heteroatoms. The number of ether oxygens (including phenoxy) is 1. The topological polar surface area (TPSA) is 138 Å². The maximum atomic E-state index is 12.8. The van der Waals surface area contributed by atoms with Gasteiger partial charge < -0.3 is 16.2 Å². The summed E-state index contributed by atoms with van der Waals surface area (Å²) in [5.74, 6) is -0.929. The molecule has 2 aliphatic rings. The Morgan fingerprint density at radius 1 is 1.38 bits per heavy atom. The van der Waals surface area contributed by atoms with Crippen LogP contribution >= 0.6 is 0 Å². The van der Waals surface area contributed by atoms with E-state index in [-0.39, 0.29) is 23.9 Å². The quantitative estimate of drug-likeness (QED) is 0.429. The molecule has 7 nitrogen and oxygen atoms in total. The van der Waals surface area contributed by atoms with Gasteiger partial charge in [0, 0.05) is 11.8 Å². The van der Waals surface area contributed by atoms with Crippen molar-refractivity contribution in [3.8, 4) is 0 Å². The maximum Gasteiger partial charge on any atom is 0.336 e. The first-order valence-corrected chi connectivity index (χ1v) is 8.68. The van der Waals surface area contributed by atoms with Gasteiger partial charge in [-0.2, -0.15) is 0 Å². The zero-order valence-corrected chi connectivity index (χ0v) is 15.1. The van der Waals surface area contributed by atoms with Crippen LogP contribution in [0.1, 0.15) is 33.1 Å². The van der Waals surface area contributed by atoms with Crippen LogP contribution in [0.4, 0.5) is 0 Å². The molecule has 0 saturated heterocycles. The Bertz CT molecular complexity index is 784. The first kappa shape index (κ1) is 19.4. The number of nitrogens with zero attached hydrogens (tertiary/aromatic N) is 1. The predicted octanol–water partition coefficient (Wildman–Crippen LogP) is 2.36. The van der Waals surface area contributed by atoms with Crippen molar-refractivity contribution in [2.45, 2.75) is 33.1 Å². The van der Waals surface area contributed by atoms with Crippen molar-refractivity contribution in [1.29, 1.82) is 10.8 Å². The third kappa shape index (κ3) is 3.66. The van der Waals surface area contributed by atoms with E-state index in [4.69, 9.17) is 27.0 Å². The van der Waals surface area contributed by atoms with Crippen molar-refractivity contribution in [3.05, 3.63) is 46.8 Å². The minimum Gasteiger partial charge on any atom is -0.463 e. The van der Waals surface area contributed by atoms with Crippen LogP contribution in [0.3, 0.4) is 0 Å². The van der Waals surface area contributed by atoms with Crippen LogP contribution in [-0.2, 0) is 9.53 Å². The summed E-state index contributed by atoms with van der Waals surface area (Å²) >= 11 is 0. The summed E-state index contributed by atoms with van der Waals surface area (Å²) in [5, 5.41) is 16.2. The molecule has 1 atom stereocenters. The lowest BCUT2D eigenvalue weighted by Crippen LogP contribution is -2.35. The van der Waals surface area contributed by atoms with Gasteiger partial charge >= 0.3 is 5.97 Å². The lowest BCUT2D eigenvalue weighted by atomic mass is 9.76. The third-order valence-corrected chi connectivity index (χ3v) is 4.31. The van der Waals surface area contributed by atoms with Gasteiger partial charge in [-0.15, -0.1) is 0 Å². The summed E-state index contributed by atoms with van der Waals surface area (Å²) in [6.07, 6.45) is 8.59. The highest BCUT2D eigenvalue weighted by atomic mass is 16.5. The summed E-state index contributed by atoms with van der Waals surface area (Å²) in [6.45, 7) is 4.01. The number of nitrogens with one attached hydrogen (secondary N) is 2. The zero-order chi connectivity index (χ0) is 19.3. The van der Waals surface area contributed by atoms with Gasteiger partial charge in [0.15, 0.2) is 0 Å². The molecule has 1 heterocycles. The predicted molar refractivity (Wildman–Crippen MR) is 103 cm³/mol. The molecule has 0 aromatic rings. The number of nitrogens with two attached hydrogens (primary N) is 2. The highest BCUT2D eigenvalue weighted by Gasteiger charge is 2.38. The second kappa shape index (κ2) is 8.42. The van der Waals surface area contributed by atoms with E-state index in [1.165, 1.54) is 12.3 Å². The summed E-state index contributed by atoms with van der Waals surface area (Å²) in [4.78, 5) is 17.2. The molecule has 0 aromatic carbocycles. The molecule has 0 saturated carbocycles. The van der Waals surface area contributed by atoms with Gasteiger partial charge in [-0.05, 0) is 31.4 Å². The molecule has 0 bridgehead atoms. The lowest BCUT2D eigenvalue weighted by molar-refractivity contribution is -0.139. The Kier molecular flexibility index (Phi) is 6.27. The average molecular weight is 355 g/mol. The number of carbonyl (C=O) groups excluding carboxylic acids is 1. The molecule has 0 spiro atoms. The normalized spacial score (nSPS) is 21.8. The maximum absolute atomic E-state index is 12.8. The van der Waals surface area contributed by atoms with E-state index >= 15 is 0 Å². The van der Waals surface area contributed by atoms with E-state index in [0.29, 0.717) is 28.8 Å². The Morgan fingerprint density at radius 2 is 2.12 bits per heavy atom. The number of allylic oxidation sites excluding steroid dienone is 5. The van der Waals surface area contributed by atoms with Crippen molar-refractivity contribution in [1.82, 2.24) is 0 Å². The highest BCUT2D eigenvalue weighted by molar-refractivity contribution is 6.51. The number of unbranched alkanes of at least 4 members (excludes halogenated alkanes) is 1. The summed E-state index contributed by atoms with van der Waals surface area (Å²) in [6, 6.07) is 0. The number of carbonyl (C=O) groups is 1. The van der Waals surface area contributed by atoms with Crippen LogP contribution in [0.2, 0.25) is 0 Å². The Hall–Kier alpha value is -2.96. The van der Waals surface area contributed by atoms with Crippen LogP contribution in [0.15, 0.2) is 51.8 Å². The Morgan fingerprint density at radius 3 is 2.73 bits per heavy atom. The van der Waals surface area contributed by atoms with Crippen molar-refractivity contribution in [2.75, 3.05) is 6.61 Å². The Balaban J connectivity index is 2.67. The monoisotopic (exact) mass is 355 g/mol. The van der Waals surface area contributed by atoms with E-state index in [9.17, 15) is 4.79 Å². The third-order valence-electron chi connectivity index (χ3n) is 4.31. The molecule has 0 fully saturated rings. The van der Waals surface area contributed by atoms with Gasteiger partial charge in [0.1, 0.15) is 5.84 Å². The average Bonchev–Trinajstić information content (AvgIpc) is 2.61. The molecule has 0 radical (unpaired) electrons. The van der Waals surface area contributed by atoms with Crippen LogP contribution in [-0.4, -0.2) is 29.8 Å². The molecule has 1 aliphatic heterocycles. The van der Waals surface area contributed by atoms with E-state index in [0.717, 1.165) is 12.8 Å². The second-order valence-corrected chi connectivity index (χ2v) is 6.01. The van der Waals surface area contributed by atoms with E-state index in [2.05, 4.69) is 11.9 Å². The molecular weight excluding hydrogens is 330 g/mol. The standard InChI is InChI=1S/C19H25N5O2/c1-3-5-9-14-16(19(25)26-4-2)15(12(10-20)18(23)24-14)11-7-6-8-13(21)17(11)22/h6-8,10,15,21-22H,3-5,9,20H2,1-2H3,(H2,23,24)/b12-10-,21-13?,22-17?. The number of hydrogen-bond donors (Lipinski definition) is 4. The molecule has 0 aromatic heterocycles. The van der Waals surface area contributed by atoms with E-state index < -0.39 is 11.9 Å². The molecule has 138 valence electrons. The number of aliphatic imine (C=N–C) groups is 1. The molecule has 1 aliphatic carbocycles. The largest absolute Gasteiger partial charge is 0.463 e. The smallest absolute Gasteiger partial charge is 0.336 e. The molecule has 26 heavy (non-hydrogen) atoms. The summed E-state index contributed by atoms with van der Waals surface area (Å²) < 4.78 is 5.26. The van der Waals surface area contributed by atoms with Gasteiger partial charge in [0.2, 0.25) is 0 Å². The molecular formula is C19H25N5O2. The Labute approximate surface area is 153 Å². The first-order chi connectivity index (χ1) is 12.5. The van der Waals surface area contributed by atoms with Crippen LogP contribution < -0.4 is 11.5 Å². The minimum absolute atomic E-state index is 0.0307. The fourth-order valence-electron chi connectivity index (χ4n) is 3.03. The van der Waals surface area contributed by atoms with Gasteiger partial charge in [-0.3, -0.25) is 10.8 Å². The number of esters is 1. The molecule has 0 amide bonds. The first-order valence-electron chi connectivity index (χ1n) is 8.68. The van der Waals surface area contributed by atoms with Gasteiger partial charge in [-0.25, -0.2) is 9.79 Å². The second-order valence-electron chi connectivity index (χ2n) is 6.01. The van der Waals surface area contributed by atoms with Gasteiger partial charge in [0.05, 0.1) is 35.2 Å². The molecule has 6 N–H and O–H groups in total. The van der Waals surface area contributed by atoms with E-state index in [1.54, 1.807) is 19.1 Å². The van der Waals surface area contributed by atoms with Crippen molar-refractivity contribution in [2.24, 2.45) is 22.4 Å². The summed E-state index contributed by atoms with van der Waals surface area (Å²) in [5.41, 5.74) is 13.9. The minimum atomic E-state index is -0.666. The van der Waals surface area contributed by atoms with E-state index in [1.807, 2.05) is 0 Å². The lowest BCUT2D eigenvalue weighted by Gasteiger charge is -2.30. The van der Waals surface area contributed by atoms with Gasteiger partial charge in [-0.1, -0.05) is 25.5 Å². The number of hydrogen-bond acceptors (Lipinski definition) is 7. The fraction of sp³-hybridized carbons (Fsp3) is 0.368. The highest BCUT2D eigenvalue weighted by Crippen LogP contribution is 2.38. The van der Waals surface area contributed by atoms with Crippen molar-refractivity contribution < 1.29 is 9.53 Å². The molecule has 2 rings (SSSR count). The van der Waals surface area contributed by atoms with Crippen molar-refractivity contribution >= 4 is 23.2 Å². The SMILES string of the molecule is CCCCC1=C(C(=O)OCC)C(C2=CC=CC(=N)C2=N)/C(=C/N)C(N)=N1. The molecule has 1 unspecified atom stereocenters. The van der Waals surface area contributed by atoms with Gasteiger partial charge in [0.25, 0.3) is 0 Å². The van der Waals surface area contributed by atoms with Crippen molar-refractivity contribution in [3.63, 3.8) is 0 Å². The van der Waals surface area contributed by atoms with Crippen LogP contribution in [0.5, 0.6) is 0 Å². The van der Waals surface area contributed by atoms with Crippen LogP contribution in [0, 0.1) is 16.7 Å². The van der Waals surface area contributed by atoms with Crippen LogP contribution in [0.25, 0.3) is 0 Å². The number of rotatable bonds is 6. The zero-order valence-electron chi connectivity index (χ0n) is 15.1. The summed E-state index contributed by atoms with van der Waals surface area (Å²) in [7, 11) is 0. The fourth-order valence-corrected chi connectivity index (χ4v) is 3.03.